The van der Waals surface area contributed by atoms with Gasteiger partial charge in [-0.05, 0) is 36.4 Å². The van der Waals surface area contributed by atoms with Crippen LogP contribution in [0.3, 0.4) is 0 Å². The molecule has 0 bridgehead atoms. The van der Waals surface area contributed by atoms with E-state index < -0.39 is 0 Å². The Balaban J connectivity index is 1.66. The predicted octanol–water partition coefficient (Wildman–Crippen LogP) is 4.27. The summed E-state index contributed by atoms with van der Waals surface area (Å²) in [7, 11) is 0. The molecule has 0 saturated carbocycles. The molecule has 1 aromatic carbocycles. The number of hydrogen-bond donors (Lipinski definition) is 0. The molecule has 4 rings (SSSR count). The van der Waals surface area contributed by atoms with Crippen molar-refractivity contribution in [2.75, 3.05) is 0 Å². The lowest BCUT2D eigenvalue weighted by Crippen LogP contribution is -1.97. The fourth-order valence-electron chi connectivity index (χ4n) is 2.33. The van der Waals surface area contributed by atoms with E-state index in [9.17, 15) is 4.39 Å². The highest BCUT2D eigenvalue weighted by atomic mass is 35.5. The lowest BCUT2D eigenvalue weighted by molar-refractivity contribution is 0.617. The Hall–Kier alpha value is -2.51. The summed E-state index contributed by atoms with van der Waals surface area (Å²) in [5.41, 5.74) is 2.71. The van der Waals surface area contributed by atoms with Crippen LogP contribution in [0.4, 0.5) is 4.39 Å². The molecule has 0 saturated heterocycles. The Morgan fingerprint density at radius 3 is 2.80 bits per heavy atom. The number of aromatic nitrogens is 5. The molecular weight excluding hydrogens is 361 g/mol. The number of benzene rings is 1. The summed E-state index contributed by atoms with van der Waals surface area (Å²) in [5.74, 6) is 0.00305. The Bertz CT molecular complexity index is 1020. The first kappa shape index (κ1) is 16.0. The molecule has 0 fully saturated rings. The normalized spacial score (nSPS) is 11.1. The Morgan fingerprint density at radius 2 is 2.00 bits per heavy atom. The van der Waals surface area contributed by atoms with Crippen molar-refractivity contribution in [3.05, 3.63) is 71.3 Å². The molecule has 4 aromatic rings. The maximum Gasteiger partial charge on any atom is 0.212 e. The fourth-order valence-corrected chi connectivity index (χ4v) is 3.57. The molecule has 25 heavy (non-hydrogen) atoms. The summed E-state index contributed by atoms with van der Waals surface area (Å²) in [5, 5.41) is 13.8. The van der Waals surface area contributed by atoms with Crippen LogP contribution >= 0.6 is 23.4 Å². The SMILES string of the molecule is Fc1cccc(Cl)c1CSc1nnc2ccc(-c3cccnc3)nn12. The lowest BCUT2D eigenvalue weighted by Gasteiger charge is -2.05. The molecule has 0 atom stereocenters. The van der Waals surface area contributed by atoms with Gasteiger partial charge in [-0.2, -0.15) is 9.61 Å². The van der Waals surface area contributed by atoms with Crippen LogP contribution in [0.5, 0.6) is 0 Å². The standard InChI is InChI=1S/C17H11ClFN5S/c18-13-4-1-5-14(19)12(13)10-25-17-22-21-16-7-6-15(23-24(16)17)11-3-2-8-20-9-11/h1-9H,10H2. The van der Waals surface area contributed by atoms with E-state index in [-0.39, 0.29) is 5.82 Å². The topological polar surface area (TPSA) is 56.0 Å². The number of fused-ring (bicyclic) bond motifs is 1. The van der Waals surface area contributed by atoms with Gasteiger partial charge in [0.05, 0.1) is 5.69 Å². The average molecular weight is 372 g/mol. The average Bonchev–Trinajstić information content (AvgIpc) is 3.04. The fraction of sp³-hybridized carbons (Fsp3) is 0.0588. The third-order valence-electron chi connectivity index (χ3n) is 3.60. The molecule has 124 valence electrons. The van der Waals surface area contributed by atoms with Crippen LogP contribution in [0.2, 0.25) is 5.02 Å². The van der Waals surface area contributed by atoms with E-state index in [0.29, 0.717) is 27.1 Å². The van der Waals surface area contributed by atoms with E-state index in [0.717, 1.165) is 11.3 Å². The molecule has 0 N–H and O–H groups in total. The molecule has 0 aliphatic rings. The molecule has 5 nitrogen and oxygen atoms in total. The van der Waals surface area contributed by atoms with Crippen LogP contribution in [0.15, 0.2) is 60.0 Å². The van der Waals surface area contributed by atoms with Gasteiger partial charge in [0.15, 0.2) is 5.65 Å². The molecule has 0 aliphatic carbocycles. The highest BCUT2D eigenvalue weighted by molar-refractivity contribution is 7.98. The number of hydrogen-bond acceptors (Lipinski definition) is 5. The van der Waals surface area contributed by atoms with Crippen LogP contribution in [0.25, 0.3) is 16.9 Å². The monoisotopic (exact) mass is 371 g/mol. The summed E-state index contributed by atoms with van der Waals surface area (Å²) in [6, 6.07) is 12.1. The molecule has 0 amide bonds. The molecule has 3 aromatic heterocycles. The smallest absolute Gasteiger partial charge is 0.212 e. The third kappa shape index (κ3) is 3.20. The van der Waals surface area contributed by atoms with Gasteiger partial charge in [0, 0.05) is 34.3 Å². The Morgan fingerprint density at radius 1 is 1.08 bits per heavy atom. The summed E-state index contributed by atoms with van der Waals surface area (Å²) in [6.07, 6.45) is 3.45. The van der Waals surface area contributed by atoms with Crippen molar-refractivity contribution in [1.82, 2.24) is 24.8 Å². The molecule has 3 heterocycles. The van der Waals surface area contributed by atoms with Gasteiger partial charge >= 0.3 is 0 Å². The second kappa shape index (κ2) is 6.78. The van der Waals surface area contributed by atoms with Crippen LogP contribution in [0, 0.1) is 5.82 Å². The zero-order valence-electron chi connectivity index (χ0n) is 12.8. The minimum atomic E-state index is -0.335. The molecule has 8 heteroatoms. The van der Waals surface area contributed by atoms with Crippen LogP contribution in [-0.2, 0) is 5.75 Å². The van der Waals surface area contributed by atoms with Gasteiger partial charge in [0.25, 0.3) is 0 Å². The van der Waals surface area contributed by atoms with Crippen molar-refractivity contribution in [2.24, 2.45) is 0 Å². The number of thioether (sulfide) groups is 1. The van der Waals surface area contributed by atoms with E-state index in [1.54, 1.807) is 29.0 Å². The summed E-state index contributed by atoms with van der Waals surface area (Å²) in [6.45, 7) is 0. The first-order chi connectivity index (χ1) is 12.2. The van der Waals surface area contributed by atoms with Gasteiger partial charge in [-0.15, -0.1) is 10.2 Å². The van der Waals surface area contributed by atoms with Gasteiger partial charge in [-0.25, -0.2) is 4.39 Å². The highest BCUT2D eigenvalue weighted by Gasteiger charge is 2.13. The zero-order valence-corrected chi connectivity index (χ0v) is 14.4. The minimum absolute atomic E-state index is 0.335. The minimum Gasteiger partial charge on any atom is -0.264 e. The van der Waals surface area contributed by atoms with Gasteiger partial charge < -0.3 is 0 Å². The van der Waals surface area contributed by atoms with Crippen molar-refractivity contribution in [3.8, 4) is 11.3 Å². The molecule has 0 radical (unpaired) electrons. The van der Waals surface area contributed by atoms with E-state index >= 15 is 0 Å². The maximum absolute atomic E-state index is 13.9. The second-order valence-corrected chi connectivity index (χ2v) is 6.55. The Kier molecular flexibility index (Phi) is 4.33. The summed E-state index contributed by atoms with van der Waals surface area (Å²) >= 11 is 7.40. The first-order valence-electron chi connectivity index (χ1n) is 7.41. The van der Waals surface area contributed by atoms with Crippen molar-refractivity contribution in [2.45, 2.75) is 10.9 Å². The highest BCUT2D eigenvalue weighted by Crippen LogP contribution is 2.28. The van der Waals surface area contributed by atoms with Crippen LogP contribution in [0.1, 0.15) is 5.56 Å². The second-order valence-electron chi connectivity index (χ2n) is 5.20. The molecule has 0 spiro atoms. The predicted molar refractivity (Wildman–Crippen MR) is 95.0 cm³/mol. The number of halogens is 2. The van der Waals surface area contributed by atoms with Crippen LogP contribution < -0.4 is 0 Å². The molecular formula is C17H11ClFN5S. The third-order valence-corrected chi connectivity index (χ3v) is 4.90. The van der Waals surface area contributed by atoms with E-state index in [1.165, 1.54) is 17.8 Å². The number of rotatable bonds is 4. The zero-order chi connectivity index (χ0) is 17.2. The maximum atomic E-state index is 13.9. The van der Waals surface area contributed by atoms with Crippen molar-refractivity contribution < 1.29 is 4.39 Å². The molecule has 0 aliphatic heterocycles. The largest absolute Gasteiger partial charge is 0.264 e. The number of nitrogens with zero attached hydrogens (tertiary/aromatic N) is 5. The van der Waals surface area contributed by atoms with Gasteiger partial charge in [0.1, 0.15) is 5.82 Å². The van der Waals surface area contributed by atoms with Gasteiger partial charge in [-0.1, -0.05) is 29.4 Å². The van der Waals surface area contributed by atoms with Crippen molar-refractivity contribution in [1.29, 1.82) is 0 Å². The Labute approximate surface area is 151 Å². The molecule has 0 unspecified atom stereocenters. The van der Waals surface area contributed by atoms with Gasteiger partial charge in [0.2, 0.25) is 5.16 Å². The quantitative estimate of drug-likeness (QED) is 0.501. The summed E-state index contributed by atoms with van der Waals surface area (Å²) in [4.78, 5) is 4.10. The number of pyridine rings is 1. The van der Waals surface area contributed by atoms with Gasteiger partial charge in [-0.3, -0.25) is 4.98 Å². The van der Waals surface area contributed by atoms with E-state index in [4.69, 9.17) is 11.6 Å². The van der Waals surface area contributed by atoms with E-state index in [1.807, 2.05) is 24.3 Å². The lowest BCUT2D eigenvalue weighted by atomic mass is 10.2. The first-order valence-corrected chi connectivity index (χ1v) is 8.77. The van der Waals surface area contributed by atoms with Crippen molar-refractivity contribution in [3.63, 3.8) is 0 Å². The summed E-state index contributed by atoms with van der Waals surface area (Å²) < 4.78 is 15.6. The van der Waals surface area contributed by atoms with E-state index in [2.05, 4.69) is 20.3 Å². The van der Waals surface area contributed by atoms with Crippen molar-refractivity contribution >= 4 is 29.0 Å². The van der Waals surface area contributed by atoms with Crippen LogP contribution in [-0.4, -0.2) is 24.8 Å².